The average Bonchev–Trinajstić information content (AvgIpc) is 2.08. The normalized spacial score (nSPS) is 9.62. The van der Waals surface area contributed by atoms with Crippen LogP contribution in [0.25, 0.3) is 0 Å². The molecule has 1 aromatic rings. The minimum absolute atomic E-state index is 0.241. The van der Waals surface area contributed by atoms with E-state index < -0.39 is 5.97 Å². The van der Waals surface area contributed by atoms with Crippen molar-refractivity contribution in [2.45, 2.75) is 6.92 Å². The molecule has 0 aliphatic carbocycles. The van der Waals surface area contributed by atoms with Crippen molar-refractivity contribution in [1.82, 2.24) is 0 Å². The molecule has 0 saturated heterocycles. The first-order chi connectivity index (χ1) is 6.15. The molecule has 0 aromatic heterocycles. The number of carboxylic acid groups (broad SMARTS) is 1. The van der Waals surface area contributed by atoms with Gasteiger partial charge in [-0.05, 0) is 25.1 Å². The minimum atomic E-state index is -0.945. The van der Waals surface area contributed by atoms with Crippen LogP contribution >= 0.6 is 0 Å². The van der Waals surface area contributed by atoms with Crippen molar-refractivity contribution in [2.24, 2.45) is 0 Å². The van der Waals surface area contributed by atoms with Crippen molar-refractivity contribution in [3.63, 3.8) is 0 Å². The Kier molecular flexibility index (Phi) is 2.74. The summed E-state index contributed by atoms with van der Waals surface area (Å²) in [5, 5.41) is 11.7. The number of nitrogen functional groups attached to an aromatic ring is 1. The summed E-state index contributed by atoms with van der Waals surface area (Å²) < 4.78 is 0. The highest BCUT2D eigenvalue weighted by Gasteiger charge is 2.05. The van der Waals surface area contributed by atoms with Crippen LogP contribution in [0.3, 0.4) is 0 Å². The van der Waals surface area contributed by atoms with Gasteiger partial charge in [0.25, 0.3) is 0 Å². The first-order valence-electron chi connectivity index (χ1n) is 4.02. The van der Waals surface area contributed by atoms with E-state index in [9.17, 15) is 4.79 Å². The van der Waals surface area contributed by atoms with Crippen molar-refractivity contribution < 1.29 is 9.90 Å². The number of carbonyl (C=O) groups is 1. The summed E-state index contributed by atoms with van der Waals surface area (Å²) in [6.07, 6.45) is 0. The summed E-state index contributed by atoms with van der Waals surface area (Å²) in [7, 11) is 0. The lowest BCUT2D eigenvalue weighted by molar-refractivity contribution is 0.0697. The summed E-state index contributed by atoms with van der Waals surface area (Å²) in [6, 6.07) is 4.60. The molecule has 70 valence electrons. The molecule has 0 fully saturated rings. The third-order valence-corrected chi connectivity index (χ3v) is 1.67. The smallest absolute Gasteiger partial charge is 0.335 e. The molecule has 0 heterocycles. The van der Waals surface area contributed by atoms with E-state index >= 15 is 0 Å². The van der Waals surface area contributed by atoms with Gasteiger partial charge in [-0.1, -0.05) is 0 Å². The molecule has 4 nitrogen and oxygen atoms in total. The van der Waals surface area contributed by atoms with Gasteiger partial charge in [0.05, 0.1) is 16.9 Å². The lowest BCUT2D eigenvalue weighted by atomic mass is 10.2. The number of aromatic carboxylic acids is 1. The second kappa shape index (κ2) is 3.80. The van der Waals surface area contributed by atoms with Crippen molar-refractivity contribution in [2.75, 3.05) is 17.6 Å². The molecule has 0 saturated carbocycles. The van der Waals surface area contributed by atoms with Crippen molar-refractivity contribution in [1.29, 1.82) is 0 Å². The summed E-state index contributed by atoms with van der Waals surface area (Å²) >= 11 is 0. The first-order valence-corrected chi connectivity index (χ1v) is 4.02. The zero-order chi connectivity index (χ0) is 9.84. The number of rotatable bonds is 3. The Hall–Kier alpha value is -1.71. The Morgan fingerprint density at radius 3 is 2.85 bits per heavy atom. The number of carboxylic acids is 1. The number of hydrogen-bond donors (Lipinski definition) is 3. The Morgan fingerprint density at radius 2 is 2.31 bits per heavy atom. The SMILES string of the molecule is CCNc1cc(C(=O)O)ccc1N. The Bertz CT molecular complexity index is 323. The average molecular weight is 180 g/mol. The van der Waals surface area contributed by atoms with E-state index in [4.69, 9.17) is 10.8 Å². The molecule has 0 spiro atoms. The first kappa shape index (κ1) is 9.38. The highest BCUT2D eigenvalue weighted by molar-refractivity contribution is 5.90. The molecular formula is C9H12N2O2. The fourth-order valence-corrected chi connectivity index (χ4v) is 1.03. The summed E-state index contributed by atoms with van der Waals surface area (Å²) in [5.74, 6) is -0.945. The fraction of sp³-hybridized carbons (Fsp3) is 0.222. The van der Waals surface area contributed by atoms with Crippen molar-refractivity contribution in [3.05, 3.63) is 23.8 Å². The standard InChI is InChI=1S/C9H12N2O2/c1-2-11-8-5-6(9(12)13)3-4-7(8)10/h3-5,11H,2,10H2,1H3,(H,12,13). The van der Waals surface area contributed by atoms with Gasteiger partial charge in [0.2, 0.25) is 0 Å². The number of benzene rings is 1. The van der Waals surface area contributed by atoms with Crippen molar-refractivity contribution >= 4 is 17.3 Å². The maximum Gasteiger partial charge on any atom is 0.335 e. The molecule has 0 bridgehead atoms. The molecule has 0 amide bonds. The highest BCUT2D eigenvalue weighted by Crippen LogP contribution is 2.19. The van der Waals surface area contributed by atoms with E-state index in [1.54, 1.807) is 6.07 Å². The van der Waals surface area contributed by atoms with Crippen LogP contribution in [0, 0.1) is 0 Å². The number of hydrogen-bond acceptors (Lipinski definition) is 3. The molecule has 0 atom stereocenters. The third-order valence-electron chi connectivity index (χ3n) is 1.67. The van der Waals surface area contributed by atoms with Gasteiger partial charge in [-0.15, -0.1) is 0 Å². The van der Waals surface area contributed by atoms with E-state index in [1.165, 1.54) is 12.1 Å². The second-order valence-electron chi connectivity index (χ2n) is 2.64. The monoisotopic (exact) mass is 180 g/mol. The van der Waals surface area contributed by atoms with Crippen LogP contribution in [0.15, 0.2) is 18.2 Å². The Labute approximate surface area is 76.4 Å². The predicted octanol–water partition coefficient (Wildman–Crippen LogP) is 1.40. The van der Waals surface area contributed by atoms with Crippen LogP contribution in [0.5, 0.6) is 0 Å². The van der Waals surface area contributed by atoms with Gasteiger partial charge in [0.15, 0.2) is 0 Å². The second-order valence-corrected chi connectivity index (χ2v) is 2.64. The van der Waals surface area contributed by atoms with Crippen LogP contribution in [0.1, 0.15) is 17.3 Å². The zero-order valence-corrected chi connectivity index (χ0v) is 7.37. The van der Waals surface area contributed by atoms with Crippen LogP contribution in [0.2, 0.25) is 0 Å². The van der Waals surface area contributed by atoms with Gasteiger partial charge in [0.1, 0.15) is 0 Å². The molecule has 0 unspecified atom stereocenters. The number of nitrogens with two attached hydrogens (primary N) is 1. The summed E-state index contributed by atoms with van der Waals surface area (Å²) in [4.78, 5) is 10.6. The molecule has 0 radical (unpaired) electrons. The molecule has 4 N–H and O–H groups in total. The maximum atomic E-state index is 10.6. The lowest BCUT2D eigenvalue weighted by Gasteiger charge is -2.07. The van der Waals surface area contributed by atoms with Gasteiger partial charge < -0.3 is 16.2 Å². The van der Waals surface area contributed by atoms with E-state index in [1.807, 2.05) is 6.92 Å². The zero-order valence-electron chi connectivity index (χ0n) is 7.37. The molecule has 0 aliphatic rings. The molecule has 4 heteroatoms. The molecule has 1 rings (SSSR count). The summed E-state index contributed by atoms with van der Waals surface area (Å²) in [5.41, 5.74) is 7.09. The summed E-state index contributed by atoms with van der Waals surface area (Å²) in [6.45, 7) is 2.64. The minimum Gasteiger partial charge on any atom is -0.478 e. The lowest BCUT2D eigenvalue weighted by Crippen LogP contribution is -2.03. The van der Waals surface area contributed by atoms with Crippen LogP contribution in [0.4, 0.5) is 11.4 Å². The van der Waals surface area contributed by atoms with Crippen LogP contribution in [-0.4, -0.2) is 17.6 Å². The number of anilines is 2. The Balaban J connectivity index is 3.03. The predicted molar refractivity (Wildman–Crippen MR) is 52.0 cm³/mol. The van der Waals surface area contributed by atoms with Gasteiger partial charge in [-0.25, -0.2) is 4.79 Å². The molecular weight excluding hydrogens is 168 g/mol. The van der Waals surface area contributed by atoms with E-state index in [2.05, 4.69) is 5.32 Å². The van der Waals surface area contributed by atoms with Crippen LogP contribution in [-0.2, 0) is 0 Å². The molecule has 1 aromatic carbocycles. The highest BCUT2D eigenvalue weighted by atomic mass is 16.4. The van der Waals surface area contributed by atoms with Crippen molar-refractivity contribution in [3.8, 4) is 0 Å². The maximum absolute atomic E-state index is 10.6. The molecule has 0 aliphatic heterocycles. The number of nitrogens with one attached hydrogen (secondary N) is 1. The van der Waals surface area contributed by atoms with Gasteiger partial charge >= 0.3 is 5.97 Å². The molecule has 13 heavy (non-hydrogen) atoms. The topological polar surface area (TPSA) is 75.3 Å². The van der Waals surface area contributed by atoms with E-state index in [0.29, 0.717) is 17.9 Å². The third kappa shape index (κ3) is 2.11. The largest absolute Gasteiger partial charge is 0.478 e. The van der Waals surface area contributed by atoms with E-state index in [-0.39, 0.29) is 5.56 Å². The van der Waals surface area contributed by atoms with Gasteiger partial charge in [0, 0.05) is 6.54 Å². The quantitative estimate of drug-likeness (QED) is 0.614. The van der Waals surface area contributed by atoms with Gasteiger partial charge in [-0.2, -0.15) is 0 Å². The van der Waals surface area contributed by atoms with Crippen LogP contribution < -0.4 is 11.1 Å². The van der Waals surface area contributed by atoms with E-state index in [0.717, 1.165) is 0 Å². The van der Waals surface area contributed by atoms with Gasteiger partial charge in [-0.3, -0.25) is 0 Å². The Morgan fingerprint density at radius 1 is 1.62 bits per heavy atom. The fourth-order valence-electron chi connectivity index (χ4n) is 1.03.